The summed E-state index contributed by atoms with van der Waals surface area (Å²) >= 11 is 0. The zero-order valence-corrected chi connectivity index (χ0v) is 10.6. The van der Waals surface area contributed by atoms with Gasteiger partial charge in [0.2, 0.25) is 0 Å². The molecule has 0 saturated heterocycles. The molecule has 2 nitrogen and oxygen atoms in total. The number of ether oxygens (including phenoxy) is 1. The minimum absolute atomic E-state index is 0.173. The molecule has 2 atom stereocenters. The van der Waals surface area contributed by atoms with E-state index in [9.17, 15) is 0 Å². The fourth-order valence-corrected chi connectivity index (χ4v) is 1.19. The third-order valence-corrected chi connectivity index (χ3v) is 2.78. The van der Waals surface area contributed by atoms with E-state index in [2.05, 4.69) is 27.7 Å². The van der Waals surface area contributed by atoms with E-state index in [1.54, 1.807) is 0 Å². The zero-order chi connectivity index (χ0) is 11.4. The number of rotatable bonds is 5. The highest BCUT2D eigenvalue weighted by Crippen LogP contribution is 2.28. The summed E-state index contributed by atoms with van der Waals surface area (Å²) in [5.41, 5.74) is 6.34. The molecule has 0 aromatic carbocycles. The van der Waals surface area contributed by atoms with Gasteiger partial charge in [-0.15, -0.1) is 0 Å². The second-order valence-corrected chi connectivity index (χ2v) is 5.64. The Kier molecular flexibility index (Phi) is 5.68. The Bertz CT molecular complexity index is 149. The van der Waals surface area contributed by atoms with Crippen molar-refractivity contribution in [2.75, 3.05) is 6.61 Å². The maximum Gasteiger partial charge on any atom is 0.0621 e. The standard InChI is InChI=1S/C12H27NO/c1-9(2)14-8-11(13)7-10(3)12(4,5)6/h9-11H,7-8,13H2,1-6H3. The molecule has 86 valence electrons. The Morgan fingerprint density at radius 2 is 1.64 bits per heavy atom. The molecule has 0 heterocycles. The predicted molar refractivity (Wildman–Crippen MR) is 62.3 cm³/mol. The maximum atomic E-state index is 5.99. The summed E-state index contributed by atoms with van der Waals surface area (Å²) in [5.74, 6) is 0.633. The van der Waals surface area contributed by atoms with Gasteiger partial charge in [-0.2, -0.15) is 0 Å². The molecule has 0 aliphatic carbocycles. The lowest BCUT2D eigenvalue weighted by molar-refractivity contribution is 0.0598. The lowest BCUT2D eigenvalue weighted by atomic mass is 9.79. The topological polar surface area (TPSA) is 35.2 Å². The summed E-state index contributed by atoms with van der Waals surface area (Å²) < 4.78 is 5.49. The van der Waals surface area contributed by atoms with Crippen LogP contribution in [-0.2, 0) is 4.74 Å². The van der Waals surface area contributed by atoms with Gasteiger partial charge in [-0.1, -0.05) is 27.7 Å². The van der Waals surface area contributed by atoms with Crippen LogP contribution < -0.4 is 5.73 Å². The minimum Gasteiger partial charge on any atom is -0.377 e. The van der Waals surface area contributed by atoms with Crippen LogP contribution in [0.2, 0.25) is 0 Å². The molecule has 0 aliphatic heterocycles. The van der Waals surface area contributed by atoms with E-state index in [-0.39, 0.29) is 12.1 Å². The molecule has 0 rings (SSSR count). The molecule has 2 N–H and O–H groups in total. The average molecular weight is 201 g/mol. The van der Waals surface area contributed by atoms with Crippen LogP contribution in [0.3, 0.4) is 0 Å². The smallest absolute Gasteiger partial charge is 0.0621 e. The van der Waals surface area contributed by atoms with Gasteiger partial charge in [0.05, 0.1) is 12.7 Å². The first-order valence-corrected chi connectivity index (χ1v) is 5.60. The second kappa shape index (κ2) is 5.72. The molecule has 0 amide bonds. The van der Waals surface area contributed by atoms with Crippen molar-refractivity contribution in [3.05, 3.63) is 0 Å². The van der Waals surface area contributed by atoms with Gasteiger partial charge in [-0.3, -0.25) is 0 Å². The van der Waals surface area contributed by atoms with Crippen LogP contribution in [0.5, 0.6) is 0 Å². The Labute approximate surface area is 89.2 Å². The Hall–Kier alpha value is -0.0800. The van der Waals surface area contributed by atoms with Crippen molar-refractivity contribution < 1.29 is 4.74 Å². The molecule has 0 fully saturated rings. The van der Waals surface area contributed by atoms with E-state index in [0.717, 1.165) is 6.42 Å². The summed E-state index contributed by atoms with van der Waals surface area (Å²) in [6.07, 6.45) is 1.32. The lowest BCUT2D eigenvalue weighted by Gasteiger charge is -2.29. The van der Waals surface area contributed by atoms with Crippen molar-refractivity contribution in [2.24, 2.45) is 17.1 Å². The monoisotopic (exact) mass is 201 g/mol. The highest BCUT2D eigenvalue weighted by Gasteiger charge is 2.22. The van der Waals surface area contributed by atoms with E-state index in [1.165, 1.54) is 0 Å². The lowest BCUT2D eigenvalue weighted by Crippen LogP contribution is -2.33. The van der Waals surface area contributed by atoms with Crippen LogP contribution in [0.1, 0.15) is 48.0 Å². The average Bonchev–Trinajstić information content (AvgIpc) is 1.99. The van der Waals surface area contributed by atoms with Gasteiger partial charge in [-0.25, -0.2) is 0 Å². The molecule has 0 bridgehead atoms. The van der Waals surface area contributed by atoms with Crippen LogP contribution in [-0.4, -0.2) is 18.8 Å². The molecule has 0 spiro atoms. The zero-order valence-electron chi connectivity index (χ0n) is 10.6. The van der Waals surface area contributed by atoms with Gasteiger partial charge in [0.1, 0.15) is 0 Å². The molecule has 2 heteroatoms. The van der Waals surface area contributed by atoms with Crippen molar-refractivity contribution in [3.63, 3.8) is 0 Å². The van der Waals surface area contributed by atoms with Crippen molar-refractivity contribution in [1.29, 1.82) is 0 Å². The van der Waals surface area contributed by atoms with Crippen molar-refractivity contribution in [2.45, 2.75) is 60.1 Å². The summed E-state index contributed by atoms with van der Waals surface area (Å²) in [6.45, 7) is 13.8. The fourth-order valence-electron chi connectivity index (χ4n) is 1.19. The summed E-state index contributed by atoms with van der Waals surface area (Å²) in [7, 11) is 0. The number of hydrogen-bond donors (Lipinski definition) is 1. The van der Waals surface area contributed by atoms with Gasteiger partial charge in [0.25, 0.3) is 0 Å². The molecule has 0 radical (unpaired) electrons. The van der Waals surface area contributed by atoms with E-state index >= 15 is 0 Å². The highest BCUT2D eigenvalue weighted by molar-refractivity contribution is 4.74. The summed E-state index contributed by atoms with van der Waals surface area (Å²) in [4.78, 5) is 0. The quantitative estimate of drug-likeness (QED) is 0.742. The largest absolute Gasteiger partial charge is 0.377 e. The fraction of sp³-hybridized carbons (Fsp3) is 1.00. The molecular formula is C12H27NO. The molecule has 0 saturated carbocycles. The van der Waals surface area contributed by atoms with Crippen LogP contribution in [0.25, 0.3) is 0 Å². The van der Waals surface area contributed by atoms with Gasteiger partial charge >= 0.3 is 0 Å². The first-order chi connectivity index (χ1) is 6.23. The Morgan fingerprint density at radius 3 is 2.00 bits per heavy atom. The van der Waals surface area contributed by atoms with Crippen molar-refractivity contribution >= 4 is 0 Å². The van der Waals surface area contributed by atoms with E-state index < -0.39 is 0 Å². The molecule has 2 unspecified atom stereocenters. The molecular weight excluding hydrogens is 174 g/mol. The minimum atomic E-state index is 0.173. The maximum absolute atomic E-state index is 5.99. The molecule has 14 heavy (non-hydrogen) atoms. The third kappa shape index (κ3) is 6.39. The Morgan fingerprint density at radius 1 is 1.14 bits per heavy atom. The predicted octanol–water partition coefficient (Wildman–Crippen LogP) is 2.81. The highest BCUT2D eigenvalue weighted by atomic mass is 16.5. The van der Waals surface area contributed by atoms with Gasteiger partial charge in [-0.05, 0) is 31.6 Å². The summed E-state index contributed by atoms with van der Waals surface area (Å²) in [6, 6.07) is 0.173. The normalized spacial score (nSPS) is 17.1. The van der Waals surface area contributed by atoms with Crippen molar-refractivity contribution in [3.8, 4) is 0 Å². The van der Waals surface area contributed by atoms with Gasteiger partial charge < -0.3 is 10.5 Å². The number of hydrogen-bond acceptors (Lipinski definition) is 2. The van der Waals surface area contributed by atoms with Crippen LogP contribution in [0.15, 0.2) is 0 Å². The van der Waals surface area contributed by atoms with E-state index in [1.807, 2.05) is 13.8 Å². The third-order valence-electron chi connectivity index (χ3n) is 2.78. The second-order valence-electron chi connectivity index (χ2n) is 5.64. The first kappa shape index (κ1) is 13.9. The van der Waals surface area contributed by atoms with Crippen LogP contribution >= 0.6 is 0 Å². The summed E-state index contributed by atoms with van der Waals surface area (Å²) in [5, 5.41) is 0. The molecule has 0 aromatic rings. The first-order valence-electron chi connectivity index (χ1n) is 5.60. The molecule has 0 aliphatic rings. The van der Waals surface area contributed by atoms with Crippen molar-refractivity contribution in [1.82, 2.24) is 0 Å². The molecule has 0 aromatic heterocycles. The van der Waals surface area contributed by atoms with E-state index in [4.69, 9.17) is 10.5 Å². The van der Waals surface area contributed by atoms with Crippen LogP contribution in [0.4, 0.5) is 0 Å². The van der Waals surface area contributed by atoms with E-state index in [0.29, 0.717) is 17.9 Å². The number of nitrogens with two attached hydrogens (primary N) is 1. The van der Waals surface area contributed by atoms with Crippen LogP contribution in [0, 0.1) is 11.3 Å². The SMILES string of the molecule is CC(C)OCC(N)CC(C)C(C)(C)C. The Balaban J connectivity index is 3.77. The van der Waals surface area contributed by atoms with Gasteiger partial charge in [0.15, 0.2) is 0 Å². The van der Waals surface area contributed by atoms with Gasteiger partial charge in [0, 0.05) is 6.04 Å².